The van der Waals surface area contributed by atoms with Crippen LogP contribution < -0.4 is 9.47 Å². The lowest BCUT2D eigenvalue weighted by Gasteiger charge is -2.19. The number of benzene rings is 3. The van der Waals surface area contributed by atoms with Crippen molar-refractivity contribution in [3.8, 4) is 11.5 Å². The van der Waals surface area contributed by atoms with Gasteiger partial charge in [-0.05, 0) is 72.0 Å². The lowest BCUT2D eigenvalue weighted by atomic mass is 9.87. The second kappa shape index (κ2) is 10.2. The van der Waals surface area contributed by atoms with Crippen molar-refractivity contribution >= 4 is 23.9 Å². The molecule has 4 rings (SSSR count). The average molecular weight is 488 g/mol. The Morgan fingerprint density at radius 2 is 1.78 bits per heavy atom. The number of hydrogen-bond acceptors (Lipinski definition) is 6. The van der Waals surface area contributed by atoms with Gasteiger partial charge in [0.25, 0.3) is 0 Å². The van der Waals surface area contributed by atoms with Gasteiger partial charge in [-0.2, -0.15) is 0 Å². The Morgan fingerprint density at radius 3 is 2.44 bits per heavy atom. The van der Waals surface area contributed by atoms with E-state index in [-0.39, 0.29) is 22.8 Å². The maximum absolute atomic E-state index is 13.5. The molecular weight excluding hydrogens is 461 g/mol. The zero-order valence-corrected chi connectivity index (χ0v) is 20.5. The van der Waals surface area contributed by atoms with Gasteiger partial charge in [0.15, 0.2) is 17.2 Å². The first kappa shape index (κ1) is 24.9. The number of ether oxygens (including phenoxy) is 3. The van der Waals surface area contributed by atoms with Crippen LogP contribution in [0.2, 0.25) is 0 Å². The third kappa shape index (κ3) is 5.68. The SMILES string of the molecule is CCOc1cc(/C=C2\N=C(c3cccc(F)c3)OC2=O)ccc1OC(=O)c1ccc(C(C)(C)C)cc1. The molecule has 0 unspecified atom stereocenters. The van der Waals surface area contributed by atoms with Gasteiger partial charge in [-0.15, -0.1) is 0 Å². The van der Waals surface area contributed by atoms with E-state index in [2.05, 4.69) is 25.8 Å². The lowest BCUT2D eigenvalue weighted by Crippen LogP contribution is -2.13. The Bertz CT molecular complexity index is 1370. The lowest BCUT2D eigenvalue weighted by molar-refractivity contribution is -0.129. The number of hydrogen-bond donors (Lipinski definition) is 0. The van der Waals surface area contributed by atoms with Crippen molar-refractivity contribution in [1.29, 1.82) is 0 Å². The van der Waals surface area contributed by atoms with Crippen molar-refractivity contribution in [2.75, 3.05) is 6.61 Å². The Morgan fingerprint density at radius 1 is 1.03 bits per heavy atom. The monoisotopic (exact) mass is 487 g/mol. The van der Waals surface area contributed by atoms with Gasteiger partial charge in [0.1, 0.15) is 5.82 Å². The van der Waals surface area contributed by atoms with Crippen LogP contribution in [-0.2, 0) is 14.9 Å². The van der Waals surface area contributed by atoms with Crippen molar-refractivity contribution in [3.63, 3.8) is 0 Å². The van der Waals surface area contributed by atoms with E-state index in [1.807, 2.05) is 19.1 Å². The summed E-state index contributed by atoms with van der Waals surface area (Å²) >= 11 is 0. The molecule has 0 N–H and O–H groups in total. The molecule has 184 valence electrons. The van der Waals surface area contributed by atoms with Crippen LogP contribution >= 0.6 is 0 Å². The molecule has 0 spiro atoms. The topological polar surface area (TPSA) is 74.2 Å². The van der Waals surface area contributed by atoms with Crippen LogP contribution in [0.3, 0.4) is 0 Å². The fourth-order valence-corrected chi connectivity index (χ4v) is 3.54. The first-order valence-corrected chi connectivity index (χ1v) is 11.5. The van der Waals surface area contributed by atoms with Crippen LogP contribution in [0, 0.1) is 5.82 Å². The fraction of sp³-hybridized carbons (Fsp3) is 0.207. The van der Waals surface area contributed by atoms with Gasteiger partial charge < -0.3 is 14.2 Å². The Hall–Kier alpha value is -4.26. The molecule has 0 bridgehead atoms. The minimum absolute atomic E-state index is 0.0251. The highest BCUT2D eigenvalue weighted by Crippen LogP contribution is 2.31. The molecule has 0 radical (unpaired) electrons. The van der Waals surface area contributed by atoms with Crippen molar-refractivity contribution in [1.82, 2.24) is 0 Å². The van der Waals surface area contributed by atoms with Crippen LogP contribution in [0.25, 0.3) is 6.08 Å². The summed E-state index contributed by atoms with van der Waals surface area (Å²) in [6.45, 7) is 8.46. The number of carbonyl (C=O) groups is 2. The maximum atomic E-state index is 13.5. The third-order valence-corrected chi connectivity index (χ3v) is 5.45. The molecule has 0 saturated carbocycles. The van der Waals surface area contributed by atoms with E-state index in [9.17, 15) is 14.0 Å². The molecular formula is C29H26FNO5. The number of carbonyl (C=O) groups excluding carboxylic acids is 2. The molecule has 0 saturated heterocycles. The zero-order chi connectivity index (χ0) is 25.9. The van der Waals surface area contributed by atoms with E-state index in [1.165, 1.54) is 24.3 Å². The zero-order valence-electron chi connectivity index (χ0n) is 20.5. The van der Waals surface area contributed by atoms with Crippen LogP contribution in [-0.4, -0.2) is 24.4 Å². The van der Waals surface area contributed by atoms with Crippen molar-refractivity contribution in [2.45, 2.75) is 33.1 Å². The van der Waals surface area contributed by atoms with Crippen molar-refractivity contribution < 1.29 is 28.2 Å². The summed E-state index contributed by atoms with van der Waals surface area (Å²) in [5.41, 5.74) is 2.51. The van der Waals surface area contributed by atoms with Crippen LogP contribution in [0.15, 0.2) is 77.4 Å². The summed E-state index contributed by atoms with van der Waals surface area (Å²) < 4.78 is 30.0. The first-order valence-electron chi connectivity index (χ1n) is 11.5. The van der Waals surface area contributed by atoms with Gasteiger partial charge in [0, 0.05) is 5.56 Å². The van der Waals surface area contributed by atoms with Crippen molar-refractivity contribution in [3.05, 3.63) is 100 Å². The molecule has 1 aliphatic heterocycles. The summed E-state index contributed by atoms with van der Waals surface area (Å²) in [7, 11) is 0. The normalized spacial score (nSPS) is 14.4. The predicted octanol–water partition coefficient (Wildman–Crippen LogP) is 6.09. The molecule has 0 atom stereocenters. The summed E-state index contributed by atoms with van der Waals surface area (Å²) in [5, 5.41) is 0. The summed E-state index contributed by atoms with van der Waals surface area (Å²) in [6.07, 6.45) is 1.52. The van der Waals surface area contributed by atoms with Gasteiger partial charge in [-0.25, -0.2) is 19.0 Å². The van der Waals surface area contributed by atoms with Gasteiger partial charge in [0.05, 0.1) is 12.2 Å². The number of esters is 2. The number of rotatable bonds is 6. The standard InChI is InChI=1S/C29H26FNO5/c1-5-34-25-16-18(15-23-28(33)36-26(31-23)20-7-6-8-22(30)17-20)9-14-24(25)35-27(32)19-10-12-21(13-11-19)29(2,3)4/h6-17H,5H2,1-4H3/b23-15-. The Balaban J connectivity index is 1.56. The quantitative estimate of drug-likeness (QED) is 0.239. The largest absolute Gasteiger partial charge is 0.490 e. The Labute approximate surface area is 209 Å². The van der Waals surface area contributed by atoms with E-state index in [0.717, 1.165) is 5.56 Å². The molecule has 3 aromatic carbocycles. The van der Waals surface area contributed by atoms with E-state index in [4.69, 9.17) is 14.2 Å². The number of cyclic esters (lactones) is 1. The van der Waals surface area contributed by atoms with Gasteiger partial charge >= 0.3 is 11.9 Å². The molecule has 0 aliphatic carbocycles. The van der Waals surface area contributed by atoms with E-state index in [0.29, 0.717) is 29.0 Å². The van der Waals surface area contributed by atoms with Gasteiger partial charge in [-0.3, -0.25) is 0 Å². The average Bonchev–Trinajstić information content (AvgIpc) is 3.20. The second-order valence-corrected chi connectivity index (χ2v) is 9.20. The van der Waals surface area contributed by atoms with Crippen LogP contribution in [0.5, 0.6) is 11.5 Å². The summed E-state index contributed by atoms with van der Waals surface area (Å²) in [6, 6.07) is 17.9. The number of nitrogens with zero attached hydrogens (tertiary/aromatic N) is 1. The fourth-order valence-electron chi connectivity index (χ4n) is 3.54. The van der Waals surface area contributed by atoms with E-state index >= 15 is 0 Å². The highest BCUT2D eigenvalue weighted by Gasteiger charge is 2.25. The second-order valence-electron chi connectivity index (χ2n) is 9.20. The highest BCUT2D eigenvalue weighted by molar-refractivity contribution is 6.12. The predicted molar refractivity (Wildman–Crippen MR) is 135 cm³/mol. The molecule has 7 heteroatoms. The molecule has 0 fully saturated rings. The molecule has 0 aromatic heterocycles. The first-order chi connectivity index (χ1) is 17.1. The molecule has 1 heterocycles. The Kier molecular flexibility index (Phi) is 7.01. The number of halogens is 1. The molecule has 36 heavy (non-hydrogen) atoms. The summed E-state index contributed by atoms with van der Waals surface area (Å²) in [4.78, 5) is 29.3. The smallest absolute Gasteiger partial charge is 0.363 e. The molecule has 6 nitrogen and oxygen atoms in total. The number of aliphatic imine (C=N–C) groups is 1. The minimum atomic E-state index is -0.651. The molecule has 0 amide bonds. The van der Waals surface area contributed by atoms with Crippen LogP contribution in [0.4, 0.5) is 4.39 Å². The van der Waals surface area contributed by atoms with E-state index < -0.39 is 17.8 Å². The van der Waals surface area contributed by atoms with E-state index in [1.54, 1.807) is 36.4 Å². The van der Waals surface area contributed by atoms with Gasteiger partial charge in [0.2, 0.25) is 5.90 Å². The molecule has 3 aromatic rings. The minimum Gasteiger partial charge on any atom is -0.490 e. The van der Waals surface area contributed by atoms with Gasteiger partial charge in [-0.1, -0.05) is 45.0 Å². The van der Waals surface area contributed by atoms with Crippen LogP contribution in [0.1, 0.15) is 54.7 Å². The summed E-state index contributed by atoms with van der Waals surface area (Å²) in [5.74, 6) is -0.999. The molecule has 1 aliphatic rings. The van der Waals surface area contributed by atoms with Crippen molar-refractivity contribution in [2.24, 2.45) is 4.99 Å². The highest BCUT2D eigenvalue weighted by atomic mass is 19.1. The maximum Gasteiger partial charge on any atom is 0.363 e. The third-order valence-electron chi connectivity index (χ3n) is 5.45.